The van der Waals surface area contributed by atoms with Crippen LogP contribution in [0, 0.1) is 11.6 Å². The zero-order valence-electron chi connectivity index (χ0n) is 16.8. The molecule has 0 saturated heterocycles. The number of fused-ring (bicyclic) bond motifs is 1. The van der Waals surface area contributed by atoms with Gasteiger partial charge in [-0.25, -0.2) is 36.5 Å². The van der Waals surface area contributed by atoms with E-state index >= 15 is 4.39 Å². The fourth-order valence-electron chi connectivity index (χ4n) is 3.05. The van der Waals surface area contributed by atoms with Crippen LogP contribution >= 0.6 is 23.2 Å². The number of anilines is 2. The zero-order valence-corrected chi connectivity index (χ0v) is 19.1. The van der Waals surface area contributed by atoms with Gasteiger partial charge in [-0.05, 0) is 18.2 Å². The number of nitrogens with one attached hydrogen (secondary N) is 1. The Labute approximate surface area is 198 Å². The Morgan fingerprint density at radius 3 is 2.53 bits per heavy atom. The SMILES string of the molecule is Cn1c(=O)n(-c2c(F)ccc(NS(=O)(=O)c3cc(Cl)cnc3Cl)c2F)c(=O)c2cnc(N)nc21. The van der Waals surface area contributed by atoms with Gasteiger partial charge in [-0.3, -0.25) is 14.1 Å². The molecule has 0 atom stereocenters. The van der Waals surface area contributed by atoms with Gasteiger partial charge in [0.25, 0.3) is 15.6 Å². The van der Waals surface area contributed by atoms with Gasteiger partial charge in [-0.15, -0.1) is 0 Å². The van der Waals surface area contributed by atoms with Crippen molar-refractivity contribution in [3.05, 3.63) is 73.2 Å². The Morgan fingerprint density at radius 1 is 1.12 bits per heavy atom. The Bertz CT molecular complexity index is 1720. The van der Waals surface area contributed by atoms with Crippen LogP contribution in [0.25, 0.3) is 16.7 Å². The van der Waals surface area contributed by atoms with Gasteiger partial charge in [0.2, 0.25) is 5.95 Å². The molecule has 0 aliphatic rings. The molecule has 0 spiro atoms. The lowest BCUT2D eigenvalue weighted by Gasteiger charge is -2.15. The molecule has 34 heavy (non-hydrogen) atoms. The molecule has 3 N–H and O–H groups in total. The molecule has 11 nitrogen and oxygen atoms in total. The third-order valence-electron chi connectivity index (χ3n) is 4.61. The van der Waals surface area contributed by atoms with E-state index in [4.69, 9.17) is 28.9 Å². The summed E-state index contributed by atoms with van der Waals surface area (Å²) in [6, 6.07) is 2.40. The third kappa shape index (κ3) is 3.85. The predicted octanol–water partition coefficient (Wildman–Crippen LogP) is 1.84. The van der Waals surface area contributed by atoms with Gasteiger partial charge in [-0.2, -0.15) is 4.98 Å². The first-order chi connectivity index (χ1) is 15.9. The summed E-state index contributed by atoms with van der Waals surface area (Å²) in [5.41, 5.74) is 1.08. The van der Waals surface area contributed by atoms with E-state index in [1.807, 2.05) is 4.72 Å². The highest BCUT2D eigenvalue weighted by Gasteiger charge is 2.26. The summed E-state index contributed by atoms with van der Waals surface area (Å²) >= 11 is 11.6. The lowest BCUT2D eigenvalue weighted by molar-refractivity contribution is 0.560. The molecule has 3 aromatic heterocycles. The fourth-order valence-corrected chi connectivity index (χ4v) is 4.80. The minimum absolute atomic E-state index is 0.0703. The Balaban J connectivity index is 1.94. The minimum atomic E-state index is -4.56. The topological polar surface area (TPSA) is 155 Å². The third-order valence-corrected chi connectivity index (χ3v) is 6.61. The number of hydrogen-bond donors (Lipinski definition) is 2. The monoisotopic (exact) mass is 529 g/mol. The molecule has 16 heteroatoms. The Hall–Kier alpha value is -3.62. The lowest BCUT2D eigenvalue weighted by atomic mass is 10.2. The number of nitrogens with two attached hydrogens (primary N) is 1. The summed E-state index contributed by atoms with van der Waals surface area (Å²) in [7, 11) is -3.37. The van der Waals surface area contributed by atoms with Crippen molar-refractivity contribution in [3.8, 4) is 5.69 Å². The van der Waals surface area contributed by atoms with E-state index in [2.05, 4.69) is 15.0 Å². The molecule has 4 rings (SSSR count). The first kappa shape index (κ1) is 23.5. The number of hydrogen-bond acceptors (Lipinski definition) is 8. The van der Waals surface area contributed by atoms with Gasteiger partial charge in [0.05, 0.1) is 10.7 Å². The largest absolute Gasteiger partial charge is 0.368 e. The first-order valence-electron chi connectivity index (χ1n) is 8.99. The zero-order chi connectivity index (χ0) is 24.9. The second-order valence-corrected chi connectivity index (χ2v) is 9.20. The smallest absolute Gasteiger partial charge is 0.337 e. The maximum absolute atomic E-state index is 15.4. The molecule has 0 aliphatic carbocycles. The van der Waals surface area contributed by atoms with Gasteiger partial charge >= 0.3 is 5.69 Å². The number of aromatic nitrogens is 5. The first-order valence-corrected chi connectivity index (χ1v) is 11.2. The molecular weight excluding hydrogens is 519 g/mol. The van der Waals surface area contributed by atoms with Gasteiger partial charge in [-0.1, -0.05) is 23.2 Å². The number of rotatable bonds is 4. The normalized spacial score (nSPS) is 11.7. The predicted molar refractivity (Wildman–Crippen MR) is 120 cm³/mol. The average molecular weight is 530 g/mol. The van der Waals surface area contributed by atoms with E-state index in [0.717, 1.165) is 29.1 Å². The average Bonchev–Trinajstić information content (AvgIpc) is 2.77. The maximum atomic E-state index is 15.4. The highest BCUT2D eigenvalue weighted by molar-refractivity contribution is 7.92. The van der Waals surface area contributed by atoms with Crippen molar-refractivity contribution in [1.29, 1.82) is 0 Å². The number of nitrogens with zero attached hydrogens (tertiary/aromatic N) is 5. The number of halogens is 4. The summed E-state index contributed by atoms with van der Waals surface area (Å²) in [5.74, 6) is -3.11. The van der Waals surface area contributed by atoms with E-state index in [1.165, 1.54) is 7.05 Å². The van der Waals surface area contributed by atoms with Crippen molar-refractivity contribution >= 4 is 55.9 Å². The number of nitrogen functional groups attached to an aromatic ring is 1. The second kappa shape index (κ2) is 8.30. The molecule has 0 aliphatic heterocycles. The van der Waals surface area contributed by atoms with Gasteiger partial charge < -0.3 is 5.73 Å². The standard InChI is InChI=1S/C18H11Cl2F2N7O4S/c1-28-15-8(6-25-17(23)26-15)16(30)29(18(28)31)13-9(21)2-3-10(12(13)22)27-34(32,33)11-4-7(19)5-24-14(11)20/h2-6,27H,1H3,(H2,23,25,26). The van der Waals surface area contributed by atoms with Crippen molar-refractivity contribution in [2.45, 2.75) is 4.90 Å². The molecule has 0 amide bonds. The van der Waals surface area contributed by atoms with Crippen LogP contribution in [0.1, 0.15) is 0 Å². The number of pyridine rings is 1. The van der Waals surface area contributed by atoms with Crippen LogP contribution in [-0.2, 0) is 17.1 Å². The highest BCUT2D eigenvalue weighted by Crippen LogP contribution is 2.28. The summed E-state index contributed by atoms with van der Waals surface area (Å²) in [6.45, 7) is 0. The molecule has 1 aromatic carbocycles. The minimum Gasteiger partial charge on any atom is -0.368 e. The molecule has 176 valence electrons. The Kier molecular flexibility index (Phi) is 5.75. The van der Waals surface area contributed by atoms with Gasteiger partial charge in [0, 0.05) is 19.4 Å². The summed E-state index contributed by atoms with van der Waals surface area (Å²) < 4.78 is 58.5. The van der Waals surface area contributed by atoms with Crippen LogP contribution in [0.5, 0.6) is 0 Å². The summed E-state index contributed by atoms with van der Waals surface area (Å²) in [6.07, 6.45) is 2.09. The van der Waals surface area contributed by atoms with E-state index in [-0.39, 0.29) is 26.6 Å². The van der Waals surface area contributed by atoms with E-state index in [1.54, 1.807) is 0 Å². The molecule has 0 unspecified atom stereocenters. The molecule has 0 saturated carbocycles. The van der Waals surface area contributed by atoms with Crippen LogP contribution in [0.4, 0.5) is 20.4 Å². The molecule has 4 aromatic rings. The van der Waals surface area contributed by atoms with E-state index < -0.39 is 54.3 Å². The van der Waals surface area contributed by atoms with Crippen molar-refractivity contribution in [2.75, 3.05) is 10.5 Å². The molecule has 0 radical (unpaired) electrons. The number of benzene rings is 1. The number of sulfonamides is 1. The van der Waals surface area contributed by atoms with E-state index in [9.17, 15) is 22.4 Å². The van der Waals surface area contributed by atoms with Crippen LogP contribution in [0.2, 0.25) is 10.2 Å². The van der Waals surface area contributed by atoms with Crippen molar-refractivity contribution in [3.63, 3.8) is 0 Å². The molecule has 3 heterocycles. The van der Waals surface area contributed by atoms with E-state index in [0.29, 0.717) is 6.07 Å². The molecule has 0 bridgehead atoms. The van der Waals surface area contributed by atoms with Crippen LogP contribution in [0.15, 0.2) is 45.1 Å². The highest BCUT2D eigenvalue weighted by atomic mass is 35.5. The van der Waals surface area contributed by atoms with Gasteiger partial charge in [0.1, 0.15) is 21.1 Å². The number of aryl methyl sites for hydroxylation is 1. The van der Waals surface area contributed by atoms with Crippen LogP contribution in [-0.4, -0.2) is 32.5 Å². The van der Waals surface area contributed by atoms with Crippen LogP contribution in [0.3, 0.4) is 0 Å². The Morgan fingerprint density at radius 2 is 1.82 bits per heavy atom. The van der Waals surface area contributed by atoms with Crippen LogP contribution < -0.4 is 21.7 Å². The molecule has 0 fully saturated rings. The maximum Gasteiger partial charge on any atom is 0.337 e. The summed E-state index contributed by atoms with van der Waals surface area (Å²) in [4.78, 5) is 36.3. The van der Waals surface area contributed by atoms with Crippen molar-refractivity contribution in [1.82, 2.24) is 24.1 Å². The summed E-state index contributed by atoms with van der Waals surface area (Å²) in [5, 5.41) is -0.796. The second-order valence-electron chi connectivity index (χ2n) is 6.75. The van der Waals surface area contributed by atoms with Crippen molar-refractivity contribution in [2.24, 2.45) is 7.05 Å². The van der Waals surface area contributed by atoms with Crippen molar-refractivity contribution < 1.29 is 17.2 Å². The fraction of sp³-hybridized carbons (Fsp3) is 0.0556. The molecular formula is C18H11Cl2F2N7O4S. The lowest BCUT2D eigenvalue weighted by Crippen LogP contribution is -2.39. The quantitative estimate of drug-likeness (QED) is 0.379. The van der Waals surface area contributed by atoms with Gasteiger partial charge in [0.15, 0.2) is 17.3 Å².